The first-order valence-corrected chi connectivity index (χ1v) is 21.0. The molecule has 1 aromatic carbocycles. The molecule has 0 aliphatic carbocycles. The maximum Gasteiger partial charge on any atom is 0.354 e. The lowest BCUT2D eigenvalue weighted by Crippen LogP contribution is -2.32. The zero-order valence-electron chi connectivity index (χ0n) is 32.8. The van der Waals surface area contributed by atoms with Gasteiger partial charge in [-0.15, -0.1) is 0 Å². The number of aliphatic hydroxyl groups excluding tert-OH is 1. The average Bonchev–Trinajstić information content (AvgIpc) is 3.22. The predicted molar refractivity (Wildman–Crippen MR) is 219 cm³/mol. The third kappa shape index (κ3) is 22.3. The molecule has 58 heavy (non-hydrogen) atoms. The summed E-state index contributed by atoms with van der Waals surface area (Å²) in [5.74, 6) is 0.417. The van der Waals surface area contributed by atoms with Crippen LogP contribution in [0.1, 0.15) is 38.8 Å². The fraction of sp³-hybridized carbons (Fsp3) is 0.525. The first-order valence-electron chi connectivity index (χ1n) is 19.1. The van der Waals surface area contributed by atoms with Crippen molar-refractivity contribution in [1.29, 1.82) is 5.26 Å². The topological polar surface area (TPSA) is 206 Å². The summed E-state index contributed by atoms with van der Waals surface area (Å²) < 4.78 is 34.3. The quantitative estimate of drug-likeness (QED) is 0.0434. The van der Waals surface area contributed by atoms with Crippen molar-refractivity contribution in [1.82, 2.24) is 19.8 Å². The van der Waals surface area contributed by atoms with Crippen LogP contribution >= 0.6 is 23.5 Å². The van der Waals surface area contributed by atoms with Crippen molar-refractivity contribution in [2.45, 2.75) is 24.4 Å². The number of carboxylic acid groups (broad SMARTS) is 2. The Morgan fingerprint density at radius 2 is 1.12 bits per heavy atom. The van der Waals surface area contributed by atoms with Gasteiger partial charge in [0.05, 0.1) is 77.5 Å². The molecular weight excluding hydrogens is 791 g/mol. The highest BCUT2D eigenvalue weighted by molar-refractivity contribution is 8.03. The van der Waals surface area contributed by atoms with Crippen molar-refractivity contribution in [2.24, 2.45) is 0 Å². The summed E-state index contributed by atoms with van der Waals surface area (Å²) in [7, 11) is 0. The Labute approximate surface area is 348 Å². The number of rotatable bonds is 35. The summed E-state index contributed by atoms with van der Waals surface area (Å²) in [4.78, 5) is 36.0. The smallest absolute Gasteiger partial charge is 0.354 e. The normalized spacial score (nSPS) is 11.3. The van der Waals surface area contributed by atoms with Crippen LogP contribution in [0, 0.1) is 10.7 Å². The Morgan fingerprint density at radius 1 is 0.621 bits per heavy atom. The number of hydrogen-bond acceptors (Lipinski definition) is 16. The number of carboxylic acids is 2. The summed E-state index contributed by atoms with van der Waals surface area (Å²) in [6, 6.07) is 17.2. The van der Waals surface area contributed by atoms with E-state index in [1.165, 1.54) is 12.1 Å². The summed E-state index contributed by atoms with van der Waals surface area (Å²) in [5, 5.41) is 38.8. The predicted octanol–water partition coefficient (Wildman–Crippen LogP) is 4.03. The minimum atomic E-state index is -1.09. The maximum absolute atomic E-state index is 11.4. The molecule has 0 atom stereocenters. The van der Waals surface area contributed by atoms with Crippen molar-refractivity contribution in [2.75, 3.05) is 117 Å². The molecule has 318 valence electrons. The maximum atomic E-state index is 11.4. The van der Waals surface area contributed by atoms with Crippen LogP contribution in [0.4, 0.5) is 0 Å². The van der Waals surface area contributed by atoms with Crippen LogP contribution in [0.3, 0.4) is 0 Å². The molecule has 0 unspecified atom stereocenters. The Kier molecular flexibility index (Phi) is 26.0. The molecule has 3 aromatic rings. The molecule has 0 saturated heterocycles. The summed E-state index contributed by atoms with van der Waals surface area (Å²) in [6.07, 6.45) is 0.908. The SMILES string of the molecule is N#CSc1ccc(OCCOCCOCCSCCCOCCN(CCOCCOCCN(CCO)Cc2cccc(C(=O)O)n2)Cc2cccc(C(=O)O)n2)cc1. The van der Waals surface area contributed by atoms with E-state index in [9.17, 15) is 24.9 Å². The van der Waals surface area contributed by atoms with Crippen LogP contribution < -0.4 is 4.74 Å². The lowest BCUT2D eigenvalue weighted by Gasteiger charge is -2.22. The monoisotopic (exact) mass is 845 g/mol. The van der Waals surface area contributed by atoms with Crippen LogP contribution in [0.5, 0.6) is 5.75 Å². The number of aromatic nitrogens is 2. The fourth-order valence-electron chi connectivity index (χ4n) is 5.20. The molecule has 3 rings (SSSR count). The van der Waals surface area contributed by atoms with E-state index in [0.29, 0.717) is 123 Å². The third-order valence-corrected chi connectivity index (χ3v) is 9.70. The van der Waals surface area contributed by atoms with E-state index in [1.807, 2.05) is 46.3 Å². The number of benzene rings is 1. The van der Waals surface area contributed by atoms with Gasteiger partial charge in [0.1, 0.15) is 29.1 Å². The van der Waals surface area contributed by atoms with Gasteiger partial charge >= 0.3 is 11.9 Å². The standard InChI is InChI=1S/C40H55N5O11S2/c41-32-58-36-10-8-35(9-11-36)56-26-25-54-23-24-55-27-29-57-28-3-17-51-18-14-45(31-34-5-2-7-38(43-34)40(49)50)15-20-53-22-21-52-19-13-44(12-16-46)30-33-4-1-6-37(42-33)39(47)48/h1-2,4-11,46H,3,12-31H2,(H,47,48)(H,49,50). The van der Waals surface area contributed by atoms with Crippen LogP contribution in [0.25, 0.3) is 0 Å². The van der Waals surface area contributed by atoms with Gasteiger partial charge in [0.2, 0.25) is 0 Å². The van der Waals surface area contributed by atoms with Gasteiger partial charge in [-0.2, -0.15) is 17.0 Å². The second-order valence-corrected chi connectivity index (χ2v) is 14.5. The van der Waals surface area contributed by atoms with Crippen molar-refractivity contribution in [3.63, 3.8) is 0 Å². The van der Waals surface area contributed by atoms with E-state index < -0.39 is 11.9 Å². The van der Waals surface area contributed by atoms with E-state index >= 15 is 0 Å². The van der Waals surface area contributed by atoms with Crippen molar-refractivity contribution in [3.8, 4) is 11.2 Å². The summed E-state index contributed by atoms with van der Waals surface area (Å²) in [5.41, 5.74) is 1.22. The number of nitrogens with zero attached hydrogens (tertiary/aromatic N) is 5. The molecule has 0 fully saturated rings. The van der Waals surface area contributed by atoms with Crippen LogP contribution in [-0.2, 0) is 36.8 Å². The number of nitriles is 1. The van der Waals surface area contributed by atoms with E-state index in [-0.39, 0.29) is 18.0 Å². The number of aliphatic hydroxyl groups is 1. The van der Waals surface area contributed by atoms with Gasteiger partial charge in [0.15, 0.2) is 0 Å². The van der Waals surface area contributed by atoms with Gasteiger partial charge < -0.3 is 43.7 Å². The van der Waals surface area contributed by atoms with E-state index in [0.717, 1.165) is 40.3 Å². The number of carbonyl (C=O) groups is 2. The fourth-order valence-corrected chi connectivity index (χ4v) is 6.34. The van der Waals surface area contributed by atoms with Crippen molar-refractivity contribution >= 4 is 35.5 Å². The van der Waals surface area contributed by atoms with E-state index in [1.54, 1.807) is 24.3 Å². The molecule has 0 aliphatic rings. The van der Waals surface area contributed by atoms with Gasteiger partial charge in [-0.05, 0) is 72.5 Å². The summed E-state index contributed by atoms with van der Waals surface area (Å²) >= 11 is 2.92. The molecule has 0 radical (unpaired) electrons. The lowest BCUT2D eigenvalue weighted by atomic mass is 10.3. The molecule has 0 bridgehead atoms. The van der Waals surface area contributed by atoms with Crippen LogP contribution in [0.2, 0.25) is 0 Å². The van der Waals surface area contributed by atoms with Gasteiger partial charge in [-0.25, -0.2) is 19.6 Å². The number of pyridine rings is 2. The third-order valence-electron chi connectivity index (χ3n) is 8.07. The molecule has 3 N–H and O–H groups in total. The Hall–Kier alpha value is -3.87. The minimum absolute atomic E-state index is 0.00123. The number of thiocyanates is 1. The molecule has 16 nitrogen and oxygen atoms in total. The molecule has 2 heterocycles. The van der Waals surface area contributed by atoms with Crippen LogP contribution in [-0.4, -0.2) is 164 Å². The summed E-state index contributed by atoms with van der Waals surface area (Å²) in [6.45, 7) is 8.23. The van der Waals surface area contributed by atoms with Crippen molar-refractivity contribution in [3.05, 3.63) is 83.4 Å². The molecule has 0 amide bonds. The molecule has 18 heteroatoms. The zero-order valence-corrected chi connectivity index (χ0v) is 34.4. The lowest BCUT2D eigenvalue weighted by molar-refractivity contribution is 0.0244. The molecule has 0 spiro atoms. The number of hydrogen-bond donors (Lipinski definition) is 3. The Balaban J connectivity index is 1.22. The number of ether oxygens (including phenoxy) is 6. The van der Waals surface area contributed by atoms with Gasteiger partial charge in [-0.1, -0.05) is 12.1 Å². The highest BCUT2D eigenvalue weighted by atomic mass is 32.2. The van der Waals surface area contributed by atoms with Gasteiger partial charge in [0, 0.05) is 56.5 Å². The highest BCUT2D eigenvalue weighted by Crippen LogP contribution is 2.20. The largest absolute Gasteiger partial charge is 0.491 e. The molecule has 0 saturated carbocycles. The molecule has 0 aliphatic heterocycles. The van der Waals surface area contributed by atoms with Crippen molar-refractivity contribution < 1.29 is 53.3 Å². The number of aromatic carboxylic acids is 2. The second-order valence-electron chi connectivity index (χ2n) is 12.5. The number of thioether (sulfide) groups is 2. The second kappa shape index (κ2) is 31.1. The molecule has 2 aromatic heterocycles. The van der Waals surface area contributed by atoms with E-state index in [4.69, 9.17) is 33.7 Å². The van der Waals surface area contributed by atoms with Crippen LogP contribution in [0.15, 0.2) is 65.6 Å². The van der Waals surface area contributed by atoms with Gasteiger partial charge in [0.25, 0.3) is 0 Å². The Morgan fingerprint density at radius 3 is 1.66 bits per heavy atom. The zero-order chi connectivity index (χ0) is 41.5. The van der Waals surface area contributed by atoms with E-state index in [2.05, 4.69) is 14.9 Å². The Bertz CT molecular complexity index is 1620. The highest BCUT2D eigenvalue weighted by Gasteiger charge is 2.12. The van der Waals surface area contributed by atoms with Gasteiger partial charge in [-0.3, -0.25) is 9.80 Å². The first kappa shape index (κ1) is 48.5. The molecular formula is C40H55N5O11S2. The first-order chi connectivity index (χ1) is 28.4. The average molecular weight is 846 g/mol. The minimum Gasteiger partial charge on any atom is -0.491 e.